The molecule has 98 heavy (non-hydrogen) atoms. The van der Waals surface area contributed by atoms with E-state index in [0.717, 1.165) is 37.5 Å². The van der Waals surface area contributed by atoms with Gasteiger partial charge in [-0.05, 0) is 207 Å². The van der Waals surface area contributed by atoms with Crippen molar-refractivity contribution >= 4 is 143 Å². The summed E-state index contributed by atoms with van der Waals surface area (Å²) in [6.45, 7) is 0. The maximum absolute atomic E-state index is 11.0. The highest BCUT2D eigenvalue weighted by Gasteiger charge is 2.11. The summed E-state index contributed by atoms with van der Waals surface area (Å²) in [6.07, 6.45) is 10.7. The van der Waals surface area contributed by atoms with Crippen LogP contribution in [0.5, 0.6) is 46.0 Å². The fourth-order valence-electron chi connectivity index (χ4n) is 6.01. The van der Waals surface area contributed by atoms with Gasteiger partial charge in [-0.3, -0.25) is 0 Å². The van der Waals surface area contributed by atoms with Gasteiger partial charge in [0.2, 0.25) is 0 Å². The number of benzene rings is 8. The first-order valence-corrected chi connectivity index (χ1v) is 44.6. The third-order valence-corrected chi connectivity index (χ3v) is 20.9. The number of hydrogen-bond donors (Lipinski definition) is 1. The second-order valence-electron chi connectivity index (χ2n) is 18.0. The monoisotopic (exact) mass is 1630 g/mol. The molecule has 8 rings (SSSR count). The van der Waals surface area contributed by atoms with Crippen LogP contribution in [-0.4, -0.2) is 106 Å². The number of hydrogen-bond acceptors (Lipinski definition) is 29. The number of rotatable bonds is 22. The fourth-order valence-corrected chi connectivity index (χ4v) is 12.1. The molecule has 0 aliphatic rings. The average molecular weight is 1640 g/mol. The van der Waals surface area contributed by atoms with Crippen molar-refractivity contribution in [3.8, 4) is 46.0 Å². The molecule has 0 amide bonds. The maximum atomic E-state index is 11.0. The molecule has 0 saturated heterocycles. The Morgan fingerprint density at radius 3 is 0.469 bits per heavy atom. The summed E-state index contributed by atoms with van der Waals surface area (Å²) < 4.78 is 234. The highest BCUT2D eigenvalue weighted by molar-refractivity contribution is 7.99. The fraction of sp³-hybridized carbons (Fsp3) is 0.143. The molecule has 8 aromatic rings. The molecular formula is C56H57O27P7S8. The lowest BCUT2D eigenvalue weighted by atomic mass is 10.3. The molecule has 42 heteroatoms. The second-order valence-corrected chi connectivity index (χ2v) is 34.2. The van der Waals surface area contributed by atoms with Gasteiger partial charge >= 0.3 is 60.8 Å². The van der Waals surface area contributed by atoms with E-state index in [0.29, 0.717) is 46.0 Å². The smallest absolute Gasteiger partial charge is 0.395 e. The Kier molecular flexibility index (Phi) is 41.8. The molecule has 0 heterocycles. The molecule has 0 aromatic heterocycles. The van der Waals surface area contributed by atoms with E-state index >= 15 is 0 Å². The van der Waals surface area contributed by atoms with Gasteiger partial charge in [-0.15, -0.1) is 23.5 Å². The lowest BCUT2D eigenvalue weighted by Gasteiger charge is -1.98. The topological polar surface area (TPSA) is 409 Å². The third-order valence-electron chi connectivity index (χ3n) is 10.6. The van der Waals surface area contributed by atoms with Crippen molar-refractivity contribution in [1.29, 1.82) is 0 Å². The molecule has 526 valence electrons. The van der Waals surface area contributed by atoms with Crippen LogP contribution in [0.25, 0.3) is 0 Å². The predicted molar refractivity (Wildman–Crippen MR) is 373 cm³/mol. The van der Waals surface area contributed by atoms with Crippen LogP contribution in [0.15, 0.2) is 233 Å². The molecule has 0 unspecified atom stereocenters. The molecular weight excluding hydrogens is 1580 g/mol. The van der Waals surface area contributed by atoms with Crippen molar-refractivity contribution in [1.82, 2.24) is 0 Å². The first-order chi connectivity index (χ1) is 45.9. The maximum Gasteiger partial charge on any atom is 0.395 e. The van der Waals surface area contributed by atoms with Gasteiger partial charge < -0.3 is 36.8 Å². The predicted octanol–water partition coefficient (Wildman–Crippen LogP) is 15.2. The van der Waals surface area contributed by atoms with E-state index in [-0.39, 0.29) is 38.1 Å². The van der Waals surface area contributed by atoms with E-state index in [1.54, 1.807) is 47.8 Å². The van der Waals surface area contributed by atoms with Crippen LogP contribution in [0.2, 0.25) is 0 Å². The average Bonchev–Trinajstić information content (AvgIpc) is 1.00. The van der Waals surface area contributed by atoms with Gasteiger partial charge in [-0.25, -0.2) is 82.5 Å². The SMILES string of the molecule is CS(=O)(=O)c1ccc(OP=O)cc1.CS(=O)(=O)c1ccc(OP=O)cc1.CS(=O)(=O)c1ccc(OP=O)cc1.CS(=O)(=O)c1ccc(OP=O)cc1.CS(=O)(=O)c1ccc(OP=O)cc1.CS(=O)(=O)c1ccc(OP=O)cc1.CSc1ccc(O)cc1.CSc1ccc(OP=O)cc1. The van der Waals surface area contributed by atoms with Gasteiger partial charge in [0.15, 0.2) is 59.0 Å². The van der Waals surface area contributed by atoms with Gasteiger partial charge in [0.25, 0.3) is 0 Å². The molecule has 0 atom stereocenters. The summed E-state index contributed by atoms with van der Waals surface area (Å²) >= 11 is 3.33. The van der Waals surface area contributed by atoms with Crippen LogP contribution in [0, 0.1) is 0 Å². The lowest BCUT2D eigenvalue weighted by Crippen LogP contribution is -1.95. The van der Waals surface area contributed by atoms with Gasteiger partial charge in [-0.1, -0.05) is 0 Å². The minimum absolute atomic E-state index is 0.211. The normalized spacial score (nSPS) is 11.1. The van der Waals surface area contributed by atoms with Gasteiger partial charge in [0.1, 0.15) is 46.0 Å². The Morgan fingerprint density at radius 1 is 0.235 bits per heavy atom. The zero-order valence-corrected chi connectivity index (χ0v) is 64.7. The van der Waals surface area contributed by atoms with Gasteiger partial charge in [-0.2, -0.15) is 0 Å². The molecule has 0 aliphatic heterocycles. The van der Waals surface area contributed by atoms with E-state index in [1.807, 2.05) is 36.8 Å². The van der Waals surface area contributed by atoms with E-state index in [4.69, 9.17) is 9.63 Å². The largest absolute Gasteiger partial charge is 0.508 e. The second kappa shape index (κ2) is 45.8. The molecule has 0 fully saturated rings. The van der Waals surface area contributed by atoms with Crippen molar-refractivity contribution in [3.63, 3.8) is 0 Å². The van der Waals surface area contributed by atoms with Crippen LogP contribution in [-0.2, 0) is 91.0 Å². The van der Waals surface area contributed by atoms with Crippen molar-refractivity contribution in [2.45, 2.75) is 39.2 Å². The Balaban J connectivity index is 0.000000561. The van der Waals surface area contributed by atoms with Crippen LogP contribution >= 0.6 is 84.3 Å². The number of aromatic hydroxyl groups is 1. The molecule has 1 N–H and O–H groups in total. The van der Waals surface area contributed by atoms with Crippen molar-refractivity contribution < 1.29 is 119 Å². The molecule has 0 spiro atoms. The zero-order valence-electron chi connectivity index (χ0n) is 51.9. The Bertz CT molecular complexity index is 3900. The molecule has 8 aromatic carbocycles. The van der Waals surface area contributed by atoms with Gasteiger partial charge in [0, 0.05) is 47.3 Å². The summed E-state index contributed by atoms with van der Waals surface area (Å²) in [6, 6.07) is 48.7. The lowest BCUT2D eigenvalue weighted by molar-refractivity contribution is 0.475. The van der Waals surface area contributed by atoms with Crippen LogP contribution < -0.4 is 31.7 Å². The van der Waals surface area contributed by atoms with Crippen LogP contribution in [0.3, 0.4) is 0 Å². The molecule has 0 saturated carbocycles. The van der Waals surface area contributed by atoms with E-state index in [1.165, 1.54) is 155 Å². The number of sulfone groups is 6. The van der Waals surface area contributed by atoms with Crippen molar-refractivity contribution in [3.05, 3.63) is 194 Å². The molecule has 0 radical (unpaired) electrons. The quantitative estimate of drug-likeness (QED) is 0.0486. The van der Waals surface area contributed by atoms with Crippen molar-refractivity contribution in [2.75, 3.05) is 50.0 Å². The first-order valence-electron chi connectivity index (χ1n) is 25.7. The minimum atomic E-state index is -3.17. The van der Waals surface area contributed by atoms with E-state index in [2.05, 4.69) is 27.1 Å². The number of phenols is 1. The summed E-state index contributed by atoms with van der Waals surface area (Å²) in [7, 11) is -22.1. The first kappa shape index (κ1) is 89.3. The summed E-state index contributed by atoms with van der Waals surface area (Å²) in [4.78, 5) is 3.60. The van der Waals surface area contributed by atoms with E-state index in [9.17, 15) is 82.5 Å². The third kappa shape index (κ3) is 38.6. The van der Waals surface area contributed by atoms with E-state index < -0.39 is 111 Å². The highest BCUT2D eigenvalue weighted by atomic mass is 32.2. The Morgan fingerprint density at radius 2 is 0.357 bits per heavy atom. The Hall–Kier alpha value is -6.74. The molecule has 0 aliphatic carbocycles. The summed E-state index contributed by atoms with van der Waals surface area (Å²) in [5.41, 5.74) is 0. The van der Waals surface area contributed by atoms with Crippen molar-refractivity contribution in [2.24, 2.45) is 0 Å². The Labute approximate surface area is 587 Å². The standard InChI is InChI=1S/6C7H7O4PS.C7H7O2PS.C7H8OS/c6*1-13(9,10)7-4-2-6(3-5-7)11-12-8;1-11-7-4-2-6(3-5-7)9-10-8;1-9-7-4-2-6(8)3-5-7/h6*2-5H,1H3;2-5H,1H3;2-5,8H,1H3. The highest BCUT2D eigenvalue weighted by Crippen LogP contribution is 2.25. The summed E-state index contributed by atoms with van der Waals surface area (Å²) in [5, 5.41) is 8.84. The molecule has 0 bridgehead atoms. The van der Waals surface area contributed by atoms with Crippen LogP contribution in [0.1, 0.15) is 0 Å². The number of thioether (sulfide) groups is 2. The van der Waals surface area contributed by atoms with Crippen LogP contribution in [0.4, 0.5) is 0 Å². The molecule has 27 nitrogen and oxygen atoms in total. The summed E-state index contributed by atoms with van der Waals surface area (Å²) in [5.74, 6) is 3.14. The number of phenolic OH excluding ortho intramolecular Hbond substituents is 1. The zero-order chi connectivity index (χ0) is 74.2. The van der Waals surface area contributed by atoms with Gasteiger partial charge in [0.05, 0.1) is 29.4 Å². The minimum Gasteiger partial charge on any atom is -0.508 e.